The molecule has 1 aromatic carbocycles. The molecular formula is C14H16ClNOS. The molecule has 2 rings (SSSR count). The summed E-state index contributed by atoms with van der Waals surface area (Å²) in [5.74, 6) is 0.887. The topological polar surface area (TPSA) is 21.3 Å². The lowest BCUT2D eigenvalue weighted by atomic mass is 10.1. The number of hydrogen-bond donors (Lipinski definition) is 1. The van der Waals surface area contributed by atoms with Gasteiger partial charge >= 0.3 is 0 Å². The van der Waals surface area contributed by atoms with Gasteiger partial charge in [-0.25, -0.2) is 0 Å². The predicted octanol–water partition coefficient (Wildman–Crippen LogP) is 4.97. The van der Waals surface area contributed by atoms with Gasteiger partial charge in [-0.3, -0.25) is 0 Å². The van der Waals surface area contributed by atoms with Crippen LogP contribution in [0.15, 0.2) is 35.7 Å². The maximum absolute atomic E-state index is 5.94. The van der Waals surface area contributed by atoms with Crippen LogP contribution >= 0.6 is 22.9 Å². The van der Waals surface area contributed by atoms with Gasteiger partial charge in [0.15, 0.2) is 0 Å². The van der Waals surface area contributed by atoms with E-state index in [0.717, 1.165) is 15.8 Å². The molecule has 0 aliphatic carbocycles. The number of benzene rings is 1. The molecule has 2 aromatic rings. The van der Waals surface area contributed by atoms with Crippen LogP contribution in [0.2, 0.25) is 4.34 Å². The molecule has 18 heavy (non-hydrogen) atoms. The zero-order valence-electron chi connectivity index (χ0n) is 10.4. The molecule has 0 fully saturated rings. The first kappa shape index (κ1) is 13.2. The first-order chi connectivity index (χ1) is 8.69. The Labute approximate surface area is 117 Å². The van der Waals surface area contributed by atoms with E-state index in [-0.39, 0.29) is 6.04 Å². The van der Waals surface area contributed by atoms with Gasteiger partial charge in [0.25, 0.3) is 0 Å². The van der Waals surface area contributed by atoms with E-state index in [2.05, 4.69) is 17.6 Å². The third kappa shape index (κ3) is 3.40. The zero-order valence-corrected chi connectivity index (χ0v) is 12.0. The van der Waals surface area contributed by atoms with Gasteiger partial charge in [-0.2, -0.15) is 0 Å². The van der Waals surface area contributed by atoms with Crippen molar-refractivity contribution in [3.63, 3.8) is 0 Å². The SMILES string of the molecule is CCOc1cccc(NC(C)c2csc(Cl)c2)c1. The maximum atomic E-state index is 5.94. The second-order valence-corrected chi connectivity index (χ2v) is 5.55. The monoisotopic (exact) mass is 281 g/mol. The summed E-state index contributed by atoms with van der Waals surface area (Å²) in [7, 11) is 0. The Balaban J connectivity index is 2.06. The highest BCUT2D eigenvalue weighted by Crippen LogP contribution is 2.28. The van der Waals surface area contributed by atoms with E-state index in [1.165, 1.54) is 5.56 Å². The van der Waals surface area contributed by atoms with Gasteiger partial charge in [0.05, 0.1) is 10.9 Å². The summed E-state index contributed by atoms with van der Waals surface area (Å²) in [6, 6.07) is 10.2. The van der Waals surface area contributed by atoms with E-state index in [0.29, 0.717) is 6.61 Å². The molecule has 0 saturated carbocycles. The summed E-state index contributed by atoms with van der Waals surface area (Å²) in [5.41, 5.74) is 2.25. The normalized spacial score (nSPS) is 12.2. The van der Waals surface area contributed by atoms with Crippen molar-refractivity contribution in [3.8, 4) is 5.75 Å². The fourth-order valence-corrected chi connectivity index (χ4v) is 2.71. The minimum atomic E-state index is 0.227. The van der Waals surface area contributed by atoms with Crippen LogP contribution in [0.25, 0.3) is 0 Å². The quantitative estimate of drug-likeness (QED) is 0.835. The molecule has 0 bridgehead atoms. The van der Waals surface area contributed by atoms with Gasteiger partial charge in [0, 0.05) is 17.8 Å². The lowest BCUT2D eigenvalue weighted by molar-refractivity contribution is 0.340. The summed E-state index contributed by atoms with van der Waals surface area (Å²) in [4.78, 5) is 0. The minimum absolute atomic E-state index is 0.227. The van der Waals surface area contributed by atoms with Crippen LogP contribution in [0, 0.1) is 0 Å². The molecular weight excluding hydrogens is 266 g/mol. The standard InChI is InChI=1S/C14H16ClNOS/c1-3-17-13-6-4-5-12(8-13)16-10(2)11-7-14(15)18-9-11/h4-10,16H,3H2,1-2H3. The number of nitrogens with one attached hydrogen (secondary N) is 1. The molecule has 0 saturated heterocycles. The fraction of sp³-hybridized carbons (Fsp3) is 0.286. The van der Waals surface area contributed by atoms with Gasteiger partial charge in [-0.15, -0.1) is 11.3 Å². The molecule has 1 unspecified atom stereocenters. The molecule has 1 N–H and O–H groups in total. The zero-order chi connectivity index (χ0) is 13.0. The Hall–Kier alpha value is -1.19. The number of halogens is 1. The van der Waals surface area contributed by atoms with Crippen molar-refractivity contribution < 1.29 is 4.74 Å². The number of anilines is 1. The van der Waals surface area contributed by atoms with Crippen molar-refractivity contribution in [2.24, 2.45) is 0 Å². The molecule has 0 amide bonds. The fourth-order valence-electron chi connectivity index (χ4n) is 1.73. The summed E-state index contributed by atoms with van der Waals surface area (Å²) in [5, 5.41) is 5.51. The van der Waals surface area contributed by atoms with Gasteiger partial charge in [-0.1, -0.05) is 17.7 Å². The van der Waals surface area contributed by atoms with Crippen LogP contribution < -0.4 is 10.1 Å². The average molecular weight is 282 g/mol. The number of hydrogen-bond acceptors (Lipinski definition) is 3. The van der Waals surface area contributed by atoms with Crippen LogP contribution in [-0.2, 0) is 0 Å². The van der Waals surface area contributed by atoms with E-state index < -0.39 is 0 Å². The lowest BCUT2D eigenvalue weighted by Crippen LogP contribution is -2.05. The highest BCUT2D eigenvalue weighted by atomic mass is 35.5. The summed E-state index contributed by atoms with van der Waals surface area (Å²) < 4.78 is 6.30. The Kier molecular flexibility index (Phi) is 4.50. The van der Waals surface area contributed by atoms with Gasteiger partial charge in [-0.05, 0) is 43.0 Å². The summed E-state index contributed by atoms with van der Waals surface area (Å²) >= 11 is 7.50. The number of rotatable bonds is 5. The Morgan fingerprint density at radius 3 is 2.89 bits per heavy atom. The molecule has 0 aliphatic heterocycles. The molecule has 4 heteroatoms. The van der Waals surface area contributed by atoms with Crippen molar-refractivity contribution in [2.75, 3.05) is 11.9 Å². The van der Waals surface area contributed by atoms with Crippen LogP contribution in [0.4, 0.5) is 5.69 Å². The smallest absolute Gasteiger partial charge is 0.121 e. The second-order valence-electron chi connectivity index (χ2n) is 4.01. The largest absolute Gasteiger partial charge is 0.494 e. The molecule has 1 heterocycles. The third-order valence-corrected chi connectivity index (χ3v) is 3.73. The molecule has 0 spiro atoms. The highest BCUT2D eigenvalue weighted by molar-refractivity contribution is 7.14. The third-order valence-electron chi connectivity index (χ3n) is 2.62. The molecule has 1 atom stereocenters. The molecule has 96 valence electrons. The van der Waals surface area contributed by atoms with Crippen molar-refractivity contribution in [1.29, 1.82) is 0 Å². The van der Waals surface area contributed by atoms with Crippen molar-refractivity contribution in [3.05, 3.63) is 45.6 Å². The minimum Gasteiger partial charge on any atom is -0.494 e. The van der Waals surface area contributed by atoms with Gasteiger partial charge in [0.2, 0.25) is 0 Å². The van der Waals surface area contributed by atoms with Crippen molar-refractivity contribution >= 4 is 28.6 Å². The van der Waals surface area contributed by atoms with Gasteiger partial charge < -0.3 is 10.1 Å². The molecule has 0 aliphatic rings. The van der Waals surface area contributed by atoms with Crippen molar-refractivity contribution in [2.45, 2.75) is 19.9 Å². The van der Waals surface area contributed by atoms with Crippen molar-refractivity contribution in [1.82, 2.24) is 0 Å². The number of ether oxygens (including phenoxy) is 1. The van der Waals surface area contributed by atoms with E-state index in [1.807, 2.05) is 37.3 Å². The van der Waals surface area contributed by atoms with E-state index in [9.17, 15) is 0 Å². The Bertz CT molecular complexity index is 512. The molecule has 0 radical (unpaired) electrons. The average Bonchev–Trinajstić information content (AvgIpc) is 2.77. The van der Waals surface area contributed by atoms with E-state index in [4.69, 9.17) is 16.3 Å². The summed E-state index contributed by atoms with van der Waals surface area (Å²) in [6.45, 7) is 4.78. The first-order valence-electron chi connectivity index (χ1n) is 5.92. The lowest BCUT2D eigenvalue weighted by Gasteiger charge is -2.15. The number of thiophene rings is 1. The van der Waals surface area contributed by atoms with E-state index in [1.54, 1.807) is 11.3 Å². The summed E-state index contributed by atoms with van der Waals surface area (Å²) in [6.07, 6.45) is 0. The van der Waals surface area contributed by atoms with Crippen LogP contribution in [0.1, 0.15) is 25.5 Å². The molecule has 1 aromatic heterocycles. The van der Waals surface area contributed by atoms with Crippen LogP contribution in [0.3, 0.4) is 0 Å². The van der Waals surface area contributed by atoms with E-state index >= 15 is 0 Å². The molecule has 2 nitrogen and oxygen atoms in total. The highest BCUT2D eigenvalue weighted by Gasteiger charge is 2.07. The first-order valence-corrected chi connectivity index (χ1v) is 7.18. The Morgan fingerprint density at radius 2 is 2.22 bits per heavy atom. The predicted molar refractivity (Wildman–Crippen MR) is 79.0 cm³/mol. The van der Waals surface area contributed by atoms with Crippen LogP contribution in [-0.4, -0.2) is 6.61 Å². The Morgan fingerprint density at radius 1 is 1.39 bits per heavy atom. The van der Waals surface area contributed by atoms with Crippen LogP contribution in [0.5, 0.6) is 5.75 Å². The maximum Gasteiger partial charge on any atom is 0.121 e. The van der Waals surface area contributed by atoms with Gasteiger partial charge in [0.1, 0.15) is 5.75 Å². The second kappa shape index (κ2) is 6.12.